The summed E-state index contributed by atoms with van der Waals surface area (Å²) in [5.74, 6) is -0.872. The molecule has 1 saturated carbocycles. The minimum Gasteiger partial charge on any atom is -0.458 e. The number of nitrogens with zero attached hydrogens (tertiary/aromatic N) is 2. The average molecular weight is 580 g/mol. The van der Waals surface area contributed by atoms with Gasteiger partial charge in [0.05, 0.1) is 40.1 Å². The molecule has 3 atom stereocenters. The number of aryl methyl sites for hydroxylation is 1. The zero-order chi connectivity index (χ0) is 29.0. The van der Waals surface area contributed by atoms with Gasteiger partial charge in [-0.15, -0.1) is 0 Å². The van der Waals surface area contributed by atoms with E-state index in [1.54, 1.807) is 17.6 Å². The molecule has 0 bridgehead atoms. The average Bonchev–Trinajstić information content (AvgIpc) is 3.69. The first kappa shape index (κ1) is 26.6. The van der Waals surface area contributed by atoms with Crippen LogP contribution in [0.25, 0.3) is 22.3 Å². The van der Waals surface area contributed by atoms with Gasteiger partial charge in [-0.3, -0.25) is 9.59 Å². The summed E-state index contributed by atoms with van der Waals surface area (Å²) >= 11 is 6.47. The number of aliphatic hydroxyl groups is 1. The Balaban J connectivity index is 1.44. The molecule has 4 heterocycles. The first-order chi connectivity index (χ1) is 19.5. The Morgan fingerprint density at radius 1 is 1.24 bits per heavy atom. The number of carbonyl (C=O) groups is 2. The molecule has 0 saturated heterocycles. The number of esters is 1. The zero-order valence-corrected chi connectivity index (χ0v) is 23.9. The number of hydrogen-bond acceptors (Lipinski definition) is 6. The number of fused-ring (bicyclic) bond motifs is 5. The number of pyridine rings is 2. The Morgan fingerprint density at radius 3 is 2.68 bits per heavy atom. The van der Waals surface area contributed by atoms with Gasteiger partial charge < -0.3 is 19.7 Å². The van der Waals surface area contributed by atoms with Gasteiger partial charge in [-0.05, 0) is 61.1 Å². The van der Waals surface area contributed by atoms with Crippen LogP contribution in [0.15, 0.2) is 16.9 Å². The lowest BCUT2D eigenvalue weighted by molar-refractivity contribution is -0.172. The number of benzene rings is 1. The van der Waals surface area contributed by atoms with Crippen LogP contribution in [0.4, 0.5) is 4.39 Å². The number of ether oxygens (including phenoxy) is 1. The number of halogens is 2. The monoisotopic (exact) mass is 579 g/mol. The second-order valence-corrected chi connectivity index (χ2v) is 12.6. The summed E-state index contributed by atoms with van der Waals surface area (Å²) in [5.41, 5.74) is 1.64. The van der Waals surface area contributed by atoms with Gasteiger partial charge in [0, 0.05) is 28.5 Å². The van der Waals surface area contributed by atoms with E-state index < -0.39 is 17.4 Å². The first-order valence-corrected chi connectivity index (χ1v) is 14.7. The van der Waals surface area contributed by atoms with Crippen molar-refractivity contribution in [3.05, 3.63) is 61.1 Å². The fourth-order valence-corrected chi connectivity index (χ4v) is 7.53. The van der Waals surface area contributed by atoms with Crippen LogP contribution in [0.5, 0.6) is 0 Å². The number of rotatable bonds is 5. The number of nitrogens with one attached hydrogen (secondary N) is 1. The molecule has 7 rings (SSSR count). The summed E-state index contributed by atoms with van der Waals surface area (Å²) in [6, 6.07) is 2.58. The Bertz CT molecular complexity index is 1740. The molecule has 2 aliphatic carbocycles. The molecule has 1 amide bonds. The first-order valence-electron chi connectivity index (χ1n) is 14.4. The van der Waals surface area contributed by atoms with E-state index in [1.807, 2.05) is 0 Å². The predicted octanol–water partition coefficient (Wildman–Crippen LogP) is 4.66. The largest absolute Gasteiger partial charge is 0.458 e. The third-order valence-electron chi connectivity index (χ3n) is 9.51. The minimum atomic E-state index is -1.95. The van der Waals surface area contributed by atoms with Crippen molar-refractivity contribution in [3.8, 4) is 11.4 Å². The molecule has 2 aliphatic heterocycles. The SMILES string of the molecule is CC[C@@]1(O)C(=O)OCc2c1cc1n(c2=O)Cc2c-1nc1cc(F)c(Cl)c3c1c2C(NC(=O)[C@H](C(C)C)C1CC1)CC3. The van der Waals surface area contributed by atoms with E-state index in [2.05, 4.69) is 19.2 Å². The summed E-state index contributed by atoms with van der Waals surface area (Å²) in [5, 5.41) is 15.3. The van der Waals surface area contributed by atoms with Gasteiger partial charge >= 0.3 is 5.97 Å². The highest BCUT2D eigenvalue weighted by Crippen LogP contribution is 2.47. The maximum absolute atomic E-state index is 15.0. The third-order valence-corrected chi connectivity index (χ3v) is 9.92. The second kappa shape index (κ2) is 9.10. The lowest BCUT2D eigenvalue weighted by Crippen LogP contribution is -2.44. The molecule has 8 nitrogen and oxygen atoms in total. The van der Waals surface area contributed by atoms with Gasteiger partial charge in [-0.25, -0.2) is 14.2 Å². The molecule has 2 aromatic heterocycles. The number of hydrogen-bond donors (Lipinski definition) is 2. The third kappa shape index (κ3) is 3.74. The normalized spacial score (nSPS) is 23.2. The number of carbonyl (C=O) groups excluding carboxylic acids is 2. The summed E-state index contributed by atoms with van der Waals surface area (Å²) < 4.78 is 21.8. The molecule has 0 radical (unpaired) electrons. The molecule has 1 unspecified atom stereocenters. The van der Waals surface area contributed by atoms with Crippen LogP contribution in [-0.4, -0.2) is 26.5 Å². The van der Waals surface area contributed by atoms with Crippen LogP contribution in [0.1, 0.15) is 80.3 Å². The molecular weight excluding hydrogens is 549 g/mol. The summed E-state index contributed by atoms with van der Waals surface area (Å²) in [4.78, 5) is 44.8. The molecule has 1 fully saturated rings. The van der Waals surface area contributed by atoms with Crippen molar-refractivity contribution in [1.82, 2.24) is 14.9 Å². The van der Waals surface area contributed by atoms with E-state index in [4.69, 9.17) is 21.3 Å². The Morgan fingerprint density at radius 2 is 2.00 bits per heavy atom. The minimum absolute atomic E-state index is 0.00897. The Labute approximate surface area is 240 Å². The van der Waals surface area contributed by atoms with Crippen molar-refractivity contribution >= 4 is 34.4 Å². The highest BCUT2D eigenvalue weighted by atomic mass is 35.5. The maximum Gasteiger partial charge on any atom is 0.343 e. The number of amides is 1. The van der Waals surface area contributed by atoms with E-state index in [9.17, 15) is 23.9 Å². The fourth-order valence-electron chi connectivity index (χ4n) is 7.28. The quantitative estimate of drug-likeness (QED) is 0.333. The van der Waals surface area contributed by atoms with E-state index in [0.29, 0.717) is 46.6 Å². The molecule has 0 spiro atoms. The van der Waals surface area contributed by atoms with Crippen LogP contribution < -0.4 is 10.9 Å². The van der Waals surface area contributed by atoms with Crippen molar-refractivity contribution < 1.29 is 23.8 Å². The van der Waals surface area contributed by atoms with Crippen LogP contribution in [0.2, 0.25) is 5.02 Å². The Kier molecular flexibility index (Phi) is 5.90. The highest BCUT2D eigenvalue weighted by Gasteiger charge is 2.46. The van der Waals surface area contributed by atoms with Crippen molar-refractivity contribution in [2.75, 3.05) is 0 Å². The smallest absolute Gasteiger partial charge is 0.343 e. The van der Waals surface area contributed by atoms with Gasteiger partial charge in [0.25, 0.3) is 5.56 Å². The standard InChI is InChI=1S/C31H31ClFN3O5/c1-4-31(40)18-9-22-27-16(11-36(22)29(38)17(18)12-41-30(31)39)25-20(35-28(37)23(13(2)3)14-5-6-14)8-7-15-24(25)21(34-27)10-19(33)26(15)32/h9-10,13-14,20,23,40H,4-8,11-12H2,1-3H3,(H,35,37)/t20?,23-,31+/m1/s1. The lowest BCUT2D eigenvalue weighted by atomic mass is 9.82. The van der Waals surface area contributed by atoms with Crippen molar-refractivity contribution in [2.45, 2.75) is 77.7 Å². The van der Waals surface area contributed by atoms with Gasteiger partial charge in [-0.2, -0.15) is 0 Å². The lowest BCUT2D eigenvalue weighted by Gasteiger charge is -2.31. The van der Waals surface area contributed by atoms with Gasteiger partial charge in [-0.1, -0.05) is 32.4 Å². The maximum atomic E-state index is 15.0. The summed E-state index contributed by atoms with van der Waals surface area (Å²) in [7, 11) is 0. The Hall–Kier alpha value is -3.30. The van der Waals surface area contributed by atoms with Crippen molar-refractivity contribution in [2.24, 2.45) is 17.8 Å². The molecular formula is C31H31ClFN3O5. The molecule has 10 heteroatoms. The van der Waals surface area contributed by atoms with Crippen LogP contribution in [0.3, 0.4) is 0 Å². The van der Waals surface area contributed by atoms with E-state index in [1.165, 1.54) is 6.07 Å². The molecule has 4 aliphatic rings. The second-order valence-electron chi connectivity index (χ2n) is 12.2. The van der Waals surface area contributed by atoms with E-state index in [-0.39, 0.29) is 65.1 Å². The van der Waals surface area contributed by atoms with E-state index >= 15 is 0 Å². The van der Waals surface area contributed by atoms with Gasteiger partial charge in [0.1, 0.15) is 12.4 Å². The predicted molar refractivity (Wildman–Crippen MR) is 150 cm³/mol. The van der Waals surface area contributed by atoms with Crippen LogP contribution in [0, 0.1) is 23.6 Å². The molecule has 41 heavy (non-hydrogen) atoms. The molecule has 2 N–H and O–H groups in total. The van der Waals surface area contributed by atoms with Crippen molar-refractivity contribution in [3.63, 3.8) is 0 Å². The summed E-state index contributed by atoms with van der Waals surface area (Å²) in [6.07, 6.45) is 3.14. The number of cyclic esters (lactones) is 1. The number of aromatic nitrogens is 2. The highest BCUT2D eigenvalue weighted by molar-refractivity contribution is 6.32. The van der Waals surface area contributed by atoms with Gasteiger partial charge in [0.2, 0.25) is 5.91 Å². The molecule has 1 aromatic carbocycles. The fraction of sp³-hybridized carbons (Fsp3) is 0.484. The van der Waals surface area contributed by atoms with Crippen molar-refractivity contribution in [1.29, 1.82) is 0 Å². The van der Waals surface area contributed by atoms with E-state index in [0.717, 1.165) is 24.0 Å². The summed E-state index contributed by atoms with van der Waals surface area (Å²) in [6.45, 7) is 5.75. The molecule has 214 valence electrons. The van der Waals surface area contributed by atoms with Gasteiger partial charge in [0.15, 0.2) is 5.60 Å². The van der Waals surface area contributed by atoms with Crippen LogP contribution >= 0.6 is 11.6 Å². The zero-order valence-electron chi connectivity index (χ0n) is 23.1. The topological polar surface area (TPSA) is 111 Å². The van der Waals surface area contributed by atoms with Crippen LogP contribution in [-0.2, 0) is 39.5 Å². The molecule has 3 aromatic rings.